The smallest absolute Gasteiger partial charge is 0.338 e. The van der Waals surface area contributed by atoms with Crippen LogP contribution < -0.4 is 14.9 Å². The summed E-state index contributed by atoms with van der Waals surface area (Å²) in [6.45, 7) is 6.91. The lowest BCUT2D eigenvalue weighted by atomic mass is 9.94. The van der Waals surface area contributed by atoms with E-state index in [1.807, 2.05) is 0 Å². The van der Waals surface area contributed by atoms with Crippen LogP contribution >= 0.6 is 11.3 Å². The number of aryl methyl sites for hydroxylation is 2. The van der Waals surface area contributed by atoms with Gasteiger partial charge >= 0.3 is 5.97 Å². The lowest BCUT2D eigenvalue weighted by Crippen LogP contribution is -2.40. The predicted molar refractivity (Wildman–Crippen MR) is 122 cm³/mol. The number of hydrogen-bond donors (Lipinski definition) is 0. The summed E-state index contributed by atoms with van der Waals surface area (Å²) < 4.78 is 12.6. The van der Waals surface area contributed by atoms with Crippen molar-refractivity contribution in [2.75, 3.05) is 6.61 Å². The number of thiazole rings is 1. The van der Waals surface area contributed by atoms with E-state index in [0.717, 1.165) is 11.3 Å². The number of aromatic nitrogens is 1. The summed E-state index contributed by atoms with van der Waals surface area (Å²) in [7, 11) is 0. The van der Waals surface area contributed by atoms with Crippen molar-refractivity contribution >= 4 is 29.1 Å². The van der Waals surface area contributed by atoms with Crippen molar-refractivity contribution in [2.24, 2.45) is 4.99 Å². The quantitative estimate of drug-likeness (QED) is 0.324. The van der Waals surface area contributed by atoms with Crippen LogP contribution in [-0.4, -0.2) is 22.1 Å². The van der Waals surface area contributed by atoms with E-state index < -0.39 is 16.9 Å². The van der Waals surface area contributed by atoms with Crippen molar-refractivity contribution < 1.29 is 18.9 Å². The van der Waals surface area contributed by atoms with Gasteiger partial charge in [-0.3, -0.25) is 19.5 Å². The highest BCUT2D eigenvalue weighted by atomic mass is 32.1. The Morgan fingerprint density at radius 3 is 2.70 bits per heavy atom. The standard InChI is InChI=1S/C23H21N3O6S/c1-5-31-22(28)19-14(4)24-23-25(20(19)15-8-6-12(2)17(10-15)26(29)30)21(27)18(33-23)11-16-9-7-13(3)32-16/h6-11,20H,5H2,1-4H3/b18-11+/t20-/m1/s1. The molecule has 0 saturated heterocycles. The van der Waals surface area contributed by atoms with E-state index in [4.69, 9.17) is 9.15 Å². The van der Waals surface area contributed by atoms with Crippen molar-refractivity contribution in [2.45, 2.75) is 33.7 Å². The number of nitro benzene ring substituents is 1. The average Bonchev–Trinajstić information content (AvgIpc) is 3.30. The Morgan fingerprint density at radius 2 is 2.06 bits per heavy atom. The first kappa shape index (κ1) is 22.4. The topological polar surface area (TPSA) is 117 Å². The van der Waals surface area contributed by atoms with Gasteiger partial charge in [0.05, 0.1) is 33.4 Å². The van der Waals surface area contributed by atoms with Crippen LogP contribution in [0.15, 0.2) is 55.8 Å². The highest BCUT2D eigenvalue weighted by molar-refractivity contribution is 7.07. The third kappa shape index (κ3) is 4.05. The number of fused-ring (bicyclic) bond motifs is 1. The van der Waals surface area contributed by atoms with Crippen LogP contribution in [0, 0.1) is 24.0 Å². The number of nitrogens with zero attached hydrogens (tertiary/aromatic N) is 3. The molecule has 33 heavy (non-hydrogen) atoms. The van der Waals surface area contributed by atoms with E-state index >= 15 is 0 Å². The van der Waals surface area contributed by atoms with E-state index in [-0.39, 0.29) is 23.4 Å². The summed E-state index contributed by atoms with van der Waals surface area (Å²) in [5.41, 5.74) is 0.980. The number of hydrogen-bond acceptors (Lipinski definition) is 8. The van der Waals surface area contributed by atoms with Gasteiger partial charge in [0.25, 0.3) is 11.2 Å². The SMILES string of the molecule is CCOC(=O)C1=C(C)N=c2s/c(=C/c3ccc(C)o3)c(=O)n2[C@@H]1c1ccc(C)c([N+](=O)[O-])c1. The van der Waals surface area contributed by atoms with Gasteiger partial charge in [0.2, 0.25) is 0 Å². The van der Waals surface area contributed by atoms with Gasteiger partial charge in [-0.2, -0.15) is 0 Å². The first-order chi connectivity index (χ1) is 15.7. The molecule has 2 aromatic heterocycles. The molecular weight excluding hydrogens is 446 g/mol. The third-order valence-electron chi connectivity index (χ3n) is 5.30. The number of furan rings is 1. The van der Waals surface area contributed by atoms with Gasteiger partial charge in [-0.15, -0.1) is 0 Å². The lowest BCUT2D eigenvalue weighted by Gasteiger charge is -2.24. The molecule has 0 spiro atoms. The molecule has 0 aliphatic carbocycles. The Kier molecular flexibility index (Phi) is 5.86. The molecule has 0 bridgehead atoms. The van der Waals surface area contributed by atoms with Crippen molar-refractivity contribution in [3.05, 3.63) is 94.1 Å². The van der Waals surface area contributed by atoms with Gasteiger partial charge in [0.15, 0.2) is 4.80 Å². The Hall–Kier alpha value is -3.79. The molecule has 0 radical (unpaired) electrons. The second-order valence-corrected chi connectivity index (χ2v) is 8.56. The van der Waals surface area contributed by atoms with Crippen LogP contribution in [0.5, 0.6) is 0 Å². The van der Waals surface area contributed by atoms with Gasteiger partial charge in [0, 0.05) is 17.7 Å². The molecule has 0 N–H and O–H groups in total. The largest absolute Gasteiger partial charge is 0.463 e. The molecule has 0 amide bonds. The summed E-state index contributed by atoms with van der Waals surface area (Å²) in [6.07, 6.45) is 1.62. The number of benzene rings is 1. The zero-order valence-corrected chi connectivity index (χ0v) is 19.3. The van der Waals surface area contributed by atoms with Crippen LogP contribution in [-0.2, 0) is 9.53 Å². The molecule has 1 aliphatic heterocycles. The molecule has 3 heterocycles. The zero-order chi connectivity index (χ0) is 23.9. The molecule has 9 nitrogen and oxygen atoms in total. The number of rotatable bonds is 5. The number of allylic oxidation sites excluding steroid dienone is 1. The molecule has 1 aliphatic rings. The first-order valence-corrected chi connectivity index (χ1v) is 11.0. The van der Waals surface area contributed by atoms with Crippen molar-refractivity contribution in [3.8, 4) is 0 Å². The third-order valence-corrected chi connectivity index (χ3v) is 6.28. The van der Waals surface area contributed by atoms with Crippen LogP contribution in [0.1, 0.15) is 42.5 Å². The van der Waals surface area contributed by atoms with Gasteiger partial charge in [0.1, 0.15) is 11.5 Å². The molecule has 3 aromatic rings. The van der Waals surface area contributed by atoms with Gasteiger partial charge in [-0.1, -0.05) is 23.5 Å². The van der Waals surface area contributed by atoms with E-state index in [0.29, 0.717) is 37.7 Å². The molecule has 10 heteroatoms. The summed E-state index contributed by atoms with van der Waals surface area (Å²) in [5, 5.41) is 11.6. The fourth-order valence-corrected chi connectivity index (χ4v) is 4.79. The molecule has 1 atom stereocenters. The van der Waals surface area contributed by atoms with Crippen LogP contribution in [0.3, 0.4) is 0 Å². The van der Waals surface area contributed by atoms with Crippen LogP contribution in [0.2, 0.25) is 0 Å². The van der Waals surface area contributed by atoms with Gasteiger partial charge in [-0.05, 0) is 45.4 Å². The normalized spacial score (nSPS) is 15.9. The zero-order valence-electron chi connectivity index (χ0n) is 18.4. The minimum Gasteiger partial charge on any atom is -0.463 e. The average molecular weight is 468 g/mol. The number of esters is 1. The van der Waals surface area contributed by atoms with Crippen LogP contribution in [0.4, 0.5) is 5.69 Å². The van der Waals surface area contributed by atoms with Gasteiger partial charge in [-0.25, -0.2) is 9.79 Å². The highest BCUT2D eigenvalue weighted by Gasteiger charge is 2.34. The van der Waals surface area contributed by atoms with Crippen molar-refractivity contribution in [1.82, 2.24) is 4.57 Å². The van der Waals surface area contributed by atoms with E-state index in [1.54, 1.807) is 58.0 Å². The number of nitro groups is 1. The highest BCUT2D eigenvalue weighted by Crippen LogP contribution is 2.33. The second-order valence-electron chi connectivity index (χ2n) is 7.55. The number of carbonyl (C=O) groups is 1. The van der Waals surface area contributed by atoms with Crippen molar-refractivity contribution in [3.63, 3.8) is 0 Å². The summed E-state index contributed by atoms with van der Waals surface area (Å²) in [4.78, 5) is 42.3. The monoisotopic (exact) mass is 467 g/mol. The second kappa shape index (κ2) is 8.62. The maximum atomic E-state index is 13.5. The fourth-order valence-electron chi connectivity index (χ4n) is 3.76. The molecular formula is C23H21N3O6S. The van der Waals surface area contributed by atoms with E-state index in [9.17, 15) is 19.7 Å². The molecule has 4 rings (SSSR count). The minimum atomic E-state index is -0.917. The minimum absolute atomic E-state index is 0.0986. The summed E-state index contributed by atoms with van der Waals surface area (Å²) >= 11 is 1.16. The van der Waals surface area contributed by atoms with E-state index in [2.05, 4.69) is 4.99 Å². The Bertz CT molecular complexity index is 1490. The Balaban J connectivity index is 1.99. The molecule has 170 valence electrons. The maximum Gasteiger partial charge on any atom is 0.338 e. The molecule has 0 unspecified atom stereocenters. The molecule has 0 fully saturated rings. The summed E-state index contributed by atoms with van der Waals surface area (Å²) in [5.74, 6) is 0.601. The number of ether oxygens (including phenoxy) is 1. The maximum absolute atomic E-state index is 13.5. The first-order valence-electron chi connectivity index (χ1n) is 10.2. The van der Waals surface area contributed by atoms with E-state index in [1.165, 1.54) is 10.6 Å². The molecule has 1 aromatic carbocycles. The lowest BCUT2D eigenvalue weighted by molar-refractivity contribution is -0.385. The van der Waals surface area contributed by atoms with Crippen molar-refractivity contribution in [1.29, 1.82) is 0 Å². The predicted octanol–water partition coefficient (Wildman–Crippen LogP) is 2.92. The Morgan fingerprint density at radius 1 is 1.30 bits per heavy atom. The Labute approximate surface area is 192 Å². The van der Waals surface area contributed by atoms with Gasteiger partial charge < -0.3 is 9.15 Å². The van der Waals surface area contributed by atoms with Crippen LogP contribution in [0.25, 0.3) is 6.08 Å². The molecule has 0 saturated carbocycles. The number of carbonyl (C=O) groups excluding carboxylic acids is 1. The fraction of sp³-hybridized carbons (Fsp3) is 0.261. The summed E-state index contributed by atoms with van der Waals surface area (Å²) in [6, 6.07) is 7.31.